The lowest BCUT2D eigenvalue weighted by Crippen LogP contribution is -2.34. The summed E-state index contributed by atoms with van der Waals surface area (Å²) in [5.74, 6) is 0.519. The van der Waals surface area contributed by atoms with Gasteiger partial charge in [0, 0.05) is 42.8 Å². The zero-order valence-corrected chi connectivity index (χ0v) is 10.7. The minimum absolute atomic E-state index is 0.221. The molecule has 17 heavy (non-hydrogen) atoms. The maximum absolute atomic E-state index is 11.3. The first-order valence-electron chi connectivity index (χ1n) is 5.45. The average Bonchev–Trinajstić information content (AvgIpc) is 2.34. The van der Waals surface area contributed by atoms with Crippen molar-refractivity contribution < 1.29 is 19.4 Å². The molecule has 0 spiro atoms. The van der Waals surface area contributed by atoms with Gasteiger partial charge in [0.15, 0.2) is 0 Å². The van der Waals surface area contributed by atoms with Crippen LogP contribution in [0.2, 0.25) is 0 Å². The monoisotopic (exact) mass is 259 g/mol. The Balaban J connectivity index is 2.48. The van der Waals surface area contributed by atoms with Crippen LogP contribution in [0.3, 0.4) is 0 Å². The number of carboxylic acids is 1. The molecule has 0 amide bonds. The fraction of sp³-hybridized carbons (Fsp3) is 0.636. The van der Waals surface area contributed by atoms with Crippen molar-refractivity contribution in [3.05, 3.63) is 11.6 Å². The third-order valence-corrected chi connectivity index (χ3v) is 3.49. The predicted molar refractivity (Wildman–Crippen MR) is 66.1 cm³/mol. The van der Waals surface area contributed by atoms with E-state index >= 15 is 0 Å². The summed E-state index contributed by atoms with van der Waals surface area (Å²) in [5.41, 5.74) is 0.221. The molecule has 0 aromatic heterocycles. The number of carbonyl (C=O) groups is 2. The summed E-state index contributed by atoms with van der Waals surface area (Å²) in [4.78, 5) is 24.2. The Morgan fingerprint density at radius 3 is 2.59 bits per heavy atom. The van der Waals surface area contributed by atoms with Crippen molar-refractivity contribution in [2.24, 2.45) is 0 Å². The molecule has 96 valence electrons. The molecule has 1 N–H and O–H groups in total. The molecule has 1 rings (SSSR count). The van der Waals surface area contributed by atoms with E-state index in [1.165, 1.54) is 7.11 Å². The lowest BCUT2D eigenvalue weighted by Gasteiger charge is -2.26. The van der Waals surface area contributed by atoms with Gasteiger partial charge in [-0.05, 0) is 6.42 Å². The Bertz CT molecular complexity index is 311. The van der Waals surface area contributed by atoms with Gasteiger partial charge in [-0.1, -0.05) is 0 Å². The maximum Gasteiger partial charge on any atom is 0.334 e. The van der Waals surface area contributed by atoms with E-state index in [1.807, 2.05) is 11.8 Å². The van der Waals surface area contributed by atoms with Gasteiger partial charge >= 0.3 is 11.9 Å². The largest absolute Gasteiger partial charge is 0.478 e. The van der Waals surface area contributed by atoms with Crippen molar-refractivity contribution >= 4 is 23.7 Å². The summed E-state index contributed by atoms with van der Waals surface area (Å²) in [6, 6.07) is 0. The number of nitrogens with zero attached hydrogens (tertiary/aromatic N) is 1. The van der Waals surface area contributed by atoms with E-state index < -0.39 is 11.9 Å². The van der Waals surface area contributed by atoms with E-state index in [0.717, 1.165) is 30.7 Å². The summed E-state index contributed by atoms with van der Waals surface area (Å²) in [6.45, 7) is 2.69. The first-order valence-corrected chi connectivity index (χ1v) is 6.61. The Labute approximate surface area is 105 Å². The second-order valence-corrected chi connectivity index (χ2v) is 4.93. The zero-order chi connectivity index (χ0) is 12.7. The molecule has 0 radical (unpaired) electrons. The number of hydrogen-bond donors (Lipinski definition) is 1. The van der Waals surface area contributed by atoms with E-state index in [2.05, 4.69) is 9.64 Å². The molecule has 1 aliphatic heterocycles. The van der Waals surface area contributed by atoms with Crippen LogP contribution in [0.15, 0.2) is 11.6 Å². The number of ether oxygens (including phenoxy) is 1. The van der Waals surface area contributed by atoms with Crippen molar-refractivity contribution in [2.75, 3.05) is 38.2 Å². The van der Waals surface area contributed by atoms with Crippen LogP contribution in [0.4, 0.5) is 0 Å². The van der Waals surface area contributed by atoms with Crippen LogP contribution >= 0.6 is 11.8 Å². The fourth-order valence-corrected chi connectivity index (χ4v) is 2.60. The van der Waals surface area contributed by atoms with E-state index in [4.69, 9.17) is 5.11 Å². The molecular formula is C11H17NO4S. The van der Waals surface area contributed by atoms with Crippen molar-refractivity contribution in [3.63, 3.8) is 0 Å². The van der Waals surface area contributed by atoms with Gasteiger partial charge in [0.05, 0.1) is 7.11 Å². The van der Waals surface area contributed by atoms with Gasteiger partial charge in [-0.25, -0.2) is 9.59 Å². The number of aliphatic carboxylic acids is 1. The predicted octanol–water partition coefficient (Wildman–Crippen LogP) is 0.609. The molecule has 0 aliphatic carbocycles. The van der Waals surface area contributed by atoms with Crippen molar-refractivity contribution in [1.29, 1.82) is 0 Å². The highest BCUT2D eigenvalue weighted by Crippen LogP contribution is 2.12. The highest BCUT2D eigenvalue weighted by molar-refractivity contribution is 7.99. The Kier molecular flexibility index (Phi) is 6.07. The van der Waals surface area contributed by atoms with Gasteiger partial charge in [-0.15, -0.1) is 0 Å². The van der Waals surface area contributed by atoms with Crippen LogP contribution in [0.1, 0.15) is 6.42 Å². The first kappa shape index (κ1) is 14.1. The van der Waals surface area contributed by atoms with Gasteiger partial charge < -0.3 is 14.7 Å². The number of esters is 1. The summed E-state index contributed by atoms with van der Waals surface area (Å²) >= 11 is 1.91. The molecule has 0 saturated carbocycles. The average molecular weight is 259 g/mol. The van der Waals surface area contributed by atoms with Crippen LogP contribution in [-0.4, -0.2) is 60.2 Å². The third kappa shape index (κ3) is 5.23. The van der Waals surface area contributed by atoms with Crippen molar-refractivity contribution in [3.8, 4) is 0 Å². The van der Waals surface area contributed by atoms with Crippen molar-refractivity contribution in [1.82, 2.24) is 4.90 Å². The smallest absolute Gasteiger partial charge is 0.334 e. The number of hydrogen-bond acceptors (Lipinski definition) is 5. The molecule has 6 heteroatoms. The molecule has 0 aromatic carbocycles. The lowest BCUT2D eigenvalue weighted by molar-refractivity contribution is -0.137. The normalized spacial score (nSPS) is 17.8. The van der Waals surface area contributed by atoms with Gasteiger partial charge in [-0.2, -0.15) is 11.8 Å². The molecule has 1 fully saturated rings. The lowest BCUT2D eigenvalue weighted by atomic mass is 10.1. The van der Waals surface area contributed by atoms with Crippen LogP contribution in [0.5, 0.6) is 0 Å². The van der Waals surface area contributed by atoms with E-state index in [0.29, 0.717) is 13.0 Å². The maximum atomic E-state index is 11.3. The highest BCUT2D eigenvalue weighted by Gasteiger charge is 2.15. The Morgan fingerprint density at radius 2 is 2.06 bits per heavy atom. The summed E-state index contributed by atoms with van der Waals surface area (Å²) < 4.78 is 4.56. The minimum atomic E-state index is -1.11. The Morgan fingerprint density at radius 1 is 1.41 bits per heavy atom. The molecule has 1 saturated heterocycles. The Hall–Kier alpha value is -1.01. The summed E-state index contributed by atoms with van der Waals surface area (Å²) in [7, 11) is 1.26. The number of thioether (sulfide) groups is 1. The van der Waals surface area contributed by atoms with Crippen LogP contribution in [0, 0.1) is 0 Å². The van der Waals surface area contributed by atoms with E-state index in [-0.39, 0.29) is 5.57 Å². The molecule has 1 aliphatic rings. The van der Waals surface area contributed by atoms with Gasteiger partial charge in [0.25, 0.3) is 0 Å². The SMILES string of the molecule is COC(=O)/C(=C/C(=O)O)CCN1CCSCC1. The summed E-state index contributed by atoms with van der Waals surface area (Å²) in [5, 5.41) is 8.66. The number of rotatable bonds is 5. The number of carboxylic acid groups (broad SMARTS) is 1. The molecular weight excluding hydrogens is 242 g/mol. The molecule has 0 bridgehead atoms. The van der Waals surface area contributed by atoms with Gasteiger partial charge in [0.1, 0.15) is 0 Å². The quantitative estimate of drug-likeness (QED) is 0.576. The van der Waals surface area contributed by atoms with E-state index in [9.17, 15) is 9.59 Å². The molecule has 0 unspecified atom stereocenters. The van der Waals surface area contributed by atoms with Crippen LogP contribution in [0.25, 0.3) is 0 Å². The zero-order valence-electron chi connectivity index (χ0n) is 9.85. The minimum Gasteiger partial charge on any atom is -0.478 e. The van der Waals surface area contributed by atoms with E-state index in [1.54, 1.807) is 0 Å². The second kappa shape index (κ2) is 7.34. The molecule has 0 aromatic rings. The topological polar surface area (TPSA) is 66.8 Å². The van der Waals surface area contributed by atoms with Gasteiger partial charge in [-0.3, -0.25) is 0 Å². The number of carbonyl (C=O) groups excluding carboxylic acids is 1. The molecule has 5 nitrogen and oxygen atoms in total. The fourth-order valence-electron chi connectivity index (χ4n) is 1.62. The molecule has 0 atom stereocenters. The van der Waals surface area contributed by atoms with Gasteiger partial charge in [0.2, 0.25) is 0 Å². The summed E-state index contributed by atoms with van der Waals surface area (Å²) in [6.07, 6.45) is 1.36. The molecule has 1 heterocycles. The first-order chi connectivity index (χ1) is 8.13. The third-order valence-electron chi connectivity index (χ3n) is 2.55. The number of methoxy groups -OCH3 is 1. The van der Waals surface area contributed by atoms with Crippen molar-refractivity contribution in [2.45, 2.75) is 6.42 Å². The van der Waals surface area contributed by atoms with Crippen LogP contribution in [-0.2, 0) is 14.3 Å². The standard InChI is InChI=1S/C11H17NO4S/c1-16-11(15)9(8-10(13)14)2-3-12-4-6-17-7-5-12/h8H,2-7H2,1H3,(H,13,14)/b9-8+. The highest BCUT2D eigenvalue weighted by atomic mass is 32.2. The second-order valence-electron chi connectivity index (χ2n) is 3.70. The van der Waals surface area contributed by atoms with Crippen LogP contribution < -0.4 is 0 Å².